The van der Waals surface area contributed by atoms with Crippen molar-refractivity contribution in [1.82, 2.24) is 4.90 Å². The summed E-state index contributed by atoms with van der Waals surface area (Å²) in [5.41, 5.74) is 1.35. The molecule has 7 heteroatoms. The maximum absolute atomic E-state index is 13.2. The highest BCUT2D eigenvalue weighted by Crippen LogP contribution is 2.23. The predicted molar refractivity (Wildman–Crippen MR) is 74.3 cm³/mol. The number of halogens is 2. The highest BCUT2D eigenvalue weighted by Gasteiger charge is 2.32. The number of rotatable bonds is 4. The van der Waals surface area contributed by atoms with Crippen LogP contribution in [0, 0.1) is 18.7 Å². The van der Waals surface area contributed by atoms with Gasteiger partial charge in [0.1, 0.15) is 5.82 Å². The third-order valence-electron chi connectivity index (χ3n) is 3.33. The molecular weight excluding hydrogens is 305 g/mol. The summed E-state index contributed by atoms with van der Waals surface area (Å²) in [6.45, 7) is 2.38. The Morgan fingerprint density at radius 3 is 2.75 bits per heavy atom. The number of carbonyl (C=O) groups excluding carboxylic acids is 1. The SMILES string of the molecule is Cc1cc(CN2CC(CS(=O)(=O)Cl)CC2=O)ccc1F. The van der Waals surface area contributed by atoms with E-state index in [0.717, 1.165) is 5.56 Å². The molecule has 1 amide bonds. The topological polar surface area (TPSA) is 54.5 Å². The van der Waals surface area contributed by atoms with Gasteiger partial charge in [-0.05, 0) is 24.1 Å². The molecule has 1 aliphatic rings. The number of carbonyl (C=O) groups is 1. The van der Waals surface area contributed by atoms with Crippen molar-refractivity contribution in [1.29, 1.82) is 0 Å². The standard InChI is InChI=1S/C13H15ClFNO3S/c1-9-4-10(2-3-12(9)15)6-16-7-11(5-13(16)17)8-20(14,18)19/h2-4,11H,5-8H2,1H3. The Hall–Kier alpha value is -1.14. The summed E-state index contributed by atoms with van der Waals surface area (Å²) in [7, 11) is 1.61. The molecule has 1 aromatic rings. The summed E-state index contributed by atoms with van der Waals surface area (Å²) in [6.07, 6.45) is 0.187. The van der Waals surface area contributed by atoms with Gasteiger partial charge in [0.2, 0.25) is 15.0 Å². The first-order valence-electron chi connectivity index (χ1n) is 6.20. The normalized spacial score (nSPS) is 19.6. The lowest BCUT2D eigenvalue weighted by atomic mass is 10.1. The van der Waals surface area contributed by atoms with Crippen LogP contribution in [-0.4, -0.2) is 31.5 Å². The molecule has 1 atom stereocenters. The van der Waals surface area contributed by atoms with Gasteiger partial charge in [-0.3, -0.25) is 4.79 Å². The monoisotopic (exact) mass is 319 g/mol. The zero-order chi connectivity index (χ0) is 14.9. The Morgan fingerprint density at radius 1 is 1.45 bits per heavy atom. The van der Waals surface area contributed by atoms with Crippen LogP contribution in [0.1, 0.15) is 17.5 Å². The second-order valence-corrected chi connectivity index (χ2v) is 7.96. The molecule has 0 aliphatic carbocycles. The fraction of sp³-hybridized carbons (Fsp3) is 0.462. The van der Waals surface area contributed by atoms with E-state index in [1.807, 2.05) is 0 Å². The molecule has 1 saturated heterocycles. The third kappa shape index (κ3) is 3.93. The summed E-state index contributed by atoms with van der Waals surface area (Å²) in [6, 6.07) is 4.68. The fourth-order valence-corrected chi connectivity index (χ4v) is 3.75. The van der Waals surface area contributed by atoms with E-state index < -0.39 is 9.05 Å². The number of amides is 1. The van der Waals surface area contributed by atoms with Gasteiger partial charge in [-0.2, -0.15) is 0 Å². The Labute approximate surface area is 121 Å². The summed E-state index contributed by atoms with van der Waals surface area (Å²) in [5, 5.41) is 0. The van der Waals surface area contributed by atoms with Gasteiger partial charge >= 0.3 is 0 Å². The van der Waals surface area contributed by atoms with Gasteiger partial charge in [-0.1, -0.05) is 12.1 Å². The second-order valence-electron chi connectivity index (χ2n) is 5.13. The molecule has 0 bridgehead atoms. The Balaban J connectivity index is 2.03. The van der Waals surface area contributed by atoms with E-state index in [1.54, 1.807) is 24.0 Å². The van der Waals surface area contributed by atoms with E-state index in [4.69, 9.17) is 10.7 Å². The maximum Gasteiger partial charge on any atom is 0.232 e. The smallest absolute Gasteiger partial charge is 0.232 e. The molecule has 0 aromatic heterocycles. The van der Waals surface area contributed by atoms with Gasteiger partial charge in [-0.15, -0.1) is 0 Å². The van der Waals surface area contributed by atoms with Crippen LogP contribution in [0.15, 0.2) is 18.2 Å². The van der Waals surface area contributed by atoms with Crippen LogP contribution in [-0.2, 0) is 20.4 Å². The minimum absolute atomic E-state index is 0.0997. The summed E-state index contributed by atoms with van der Waals surface area (Å²) >= 11 is 0. The molecule has 1 aromatic carbocycles. The van der Waals surface area contributed by atoms with E-state index in [2.05, 4.69) is 0 Å². The molecule has 20 heavy (non-hydrogen) atoms. The van der Waals surface area contributed by atoms with Crippen molar-refractivity contribution in [2.75, 3.05) is 12.3 Å². The Kier molecular flexibility index (Phi) is 4.34. The van der Waals surface area contributed by atoms with E-state index >= 15 is 0 Å². The zero-order valence-corrected chi connectivity index (χ0v) is 12.5. The van der Waals surface area contributed by atoms with Crippen LogP contribution in [0.25, 0.3) is 0 Å². The number of aryl methyl sites for hydroxylation is 1. The Morgan fingerprint density at radius 2 is 2.15 bits per heavy atom. The molecule has 1 unspecified atom stereocenters. The van der Waals surface area contributed by atoms with Gasteiger partial charge in [0.25, 0.3) is 0 Å². The third-order valence-corrected chi connectivity index (χ3v) is 4.57. The Bertz CT molecular complexity index is 633. The summed E-state index contributed by atoms with van der Waals surface area (Å²) < 4.78 is 35.2. The lowest BCUT2D eigenvalue weighted by Gasteiger charge is -2.17. The maximum atomic E-state index is 13.2. The van der Waals surface area contributed by atoms with Crippen molar-refractivity contribution < 1.29 is 17.6 Å². The fourth-order valence-electron chi connectivity index (χ4n) is 2.43. The van der Waals surface area contributed by atoms with E-state index in [9.17, 15) is 17.6 Å². The van der Waals surface area contributed by atoms with E-state index in [0.29, 0.717) is 18.7 Å². The minimum atomic E-state index is -3.60. The van der Waals surface area contributed by atoms with Gasteiger partial charge in [0, 0.05) is 36.1 Å². The lowest BCUT2D eigenvalue weighted by Crippen LogP contribution is -2.25. The van der Waals surface area contributed by atoms with Crippen LogP contribution in [0.3, 0.4) is 0 Å². The van der Waals surface area contributed by atoms with E-state index in [1.165, 1.54) is 6.07 Å². The van der Waals surface area contributed by atoms with Crippen molar-refractivity contribution in [2.45, 2.75) is 19.9 Å². The average Bonchev–Trinajstić information content (AvgIpc) is 2.62. The molecule has 4 nitrogen and oxygen atoms in total. The van der Waals surface area contributed by atoms with Crippen LogP contribution in [0.5, 0.6) is 0 Å². The summed E-state index contributed by atoms with van der Waals surface area (Å²) in [4.78, 5) is 13.4. The zero-order valence-electron chi connectivity index (χ0n) is 11.0. The number of benzene rings is 1. The first-order chi connectivity index (χ1) is 9.24. The molecule has 0 spiro atoms. The molecule has 0 N–H and O–H groups in total. The van der Waals surface area contributed by atoms with Gasteiger partial charge in [-0.25, -0.2) is 12.8 Å². The quantitative estimate of drug-likeness (QED) is 0.798. The largest absolute Gasteiger partial charge is 0.338 e. The van der Waals surface area contributed by atoms with Crippen molar-refractivity contribution >= 4 is 25.6 Å². The van der Waals surface area contributed by atoms with Gasteiger partial charge in [0.05, 0.1) is 5.75 Å². The molecule has 110 valence electrons. The first kappa shape index (κ1) is 15.3. The molecule has 1 aliphatic heterocycles. The van der Waals surface area contributed by atoms with Crippen LogP contribution in [0.2, 0.25) is 0 Å². The molecule has 0 saturated carbocycles. The van der Waals surface area contributed by atoms with Gasteiger partial charge in [0.15, 0.2) is 0 Å². The van der Waals surface area contributed by atoms with Crippen LogP contribution >= 0.6 is 10.7 Å². The number of likely N-dealkylation sites (tertiary alicyclic amines) is 1. The van der Waals surface area contributed by atoms with Gasteiger partial charge < -0.3 is 4.90 Å². The van der Waals surface area contributed by atoms with Crippen molar-refractivity contribution in [3.05, 3.63) is 35.1 Å². The second kappa shape index (κ2) is 5.69. The van der Waals surface area contributed by atoms with Crippen LogP contribution in [0.4, 0.5) is 4.39 Å². The van der Waals surface area contributed by atoms with Crippen molar-refractivity contribution in [3.8, 4) is 0 Å². The highest BCUT2D eigenvalue weighted by molar-refractivity contribution is 8.13. The van der Waals surface area contributed by atoms with Crippen molar-refractivity contribution in [3.63, 3.8) is 0 Å². The minimum Gasteiger partial charge on any atom is -0.338 e. The molecule has 1 heterocycles. The van der Waals surface area contributed by atoms with Crippen molar-refractivity contribution in [2.24, 2.45) is 5.92 Å². The average molecular weight is 320 g/mol. The lowest BCUT2D eigenvalue weighted by molar-refractivity contribution is -0.128. The molecular formula is C13H15ClFNO3S. The summed E-state index contributed by atoms with van der Waals surface area (Å²) in [5.74, 6) is -0.851. The molecule has 1 fully saturated rings. The van der Waals surface area contributed by atoms with E-state index in [-0.39, 0.29) is 29.8 Å². The predicted octanol–water partition coefficient (Wildman–Crippen LogP) is 2.05. The first-order valence-corrected chi connectivity index (χ1v) is 8.67. The molecule has 2 rings (SSSR count). The molecule has 0 radical (unpaired) electrons. The number of hydrogen-bond donors (Lipinski definition) is 0. The number of hydrogen-bond acceptors (Lipinski definition) is 3. The van der Waals surface area contributed by atoms with Crippen LogP contribution < -0.4 is 0 Å². The highest BCUT2D eigenvalue weighted by atomic mass is 35.7. The number of nitrogens with zero attached hydrogens (tertiary/aromatic N) is 1.